The number of rotatable bonds is 8. The van der Waals surface area contributed by atoms with Crippen LogP contribution in [0.4, 0.5) is 0 Å². The summed E-state index contributed by atoms with van der Waals surface area (Å²) in [6.45, 7) is 6.20. The second-order valence-electron chi connectivity index (χ2n) is 7.66. The van der Waals surface area contributed by atoms with Gasteiger partial charge in [-0.1, -0.05) is 12.1 Å². The molecule has 2 saturated heterocycles. The summed E-state index contributed by atoms with van der Waals surface area (Å²) in [5, 5.41) is 3.44. The molecule has 7 nitrogen and oxygen atoms in total. The Hall–Kier alpha value is -1.99. The third-order valence-corrected chi connectivity index (χ3v) is 5.44. The van der Waals surface area contributed by atoms with E-state index < -0.39 is 0 Å². The quantitative estimate of drug-likeness (QED) is 0.530. The molecule has 2 aliphatic heterocycles. The number of nitrogens with zero attached hydrogens (tertiary/aromatic N) is 2. The Labute approximate surface area is 174 Å². The molecule has 0 amide bonds. The van der Waals surface area contributed by atoms with Crippen molar-refractivity contribution in [2.75, 3.05) is 47.0 Å². The fraction of sp³-hybridized carbons (Fsp3) is 0.682. The van der Waals surface area contributed by atoms with E-state index in [0.29, 0.717) is 18.8 Å². The monoisotopic (exact) mass is 405 g/mol. The SMILES string of the molecule is CN=C(NCC(C)Oc1ccccc1OC)N1CCC(OCC2CCCO2)CC1. The number of benzene rings is 1. The molecule has 1 aromatic rings. The Morgan fingerprint density at radius 3 is 2.66 bits per heavy atom. The van der Waals surface area contributed by atoms with Crippen molar-refractivity contribution < 1.29 is 18.9 Å². The third-order valence-electron chi connectivity index (χ3n) is 5.44. The first-order chi connectivity index (χ1) is 14.2. The Morgan fingerprint density at radius 2 is 2.00 bits per heavy atom. The van der Waals surface area contributed by atoms with Crippen LogP contribution in [0.25, 0.3) is 0 Å². The number of hydrogen-bond donors (Lipinski definition) is 1. The van der Waals surface area contributed by atoms with Gasteiger partial charge in [-0.3, -0.25) is 4.99 Å². The van der Waals surface area contributed by atoms with Crippen LogP contribution in [-0.2, 0) is 9.47 Å². The summed E-state index contributed by atoms with van der Waals surface area (Å²) < 4.78 is 23.1. The van der Waals surface area contributed by atoms with Gasteiger partial charge < -0.3 is 29.2 Å². The lowest BCUT2D eigenvalue weighted by Gasteiger charge is -2.34. The van der Waals surface area contributed by atoms with Crippen molar-refractivity contribution >= 4 is 5.96 Å². The van der Waals surface area contributed by atoms with Crippen LogP contribution in [0.15, 0.2) is 29.3 Å². The Balaban J connectivity index is 1.38. The second-order valence-corrected chi connectivity index (χ2v) is 7.66. The summed E-state index contributed by atoms with van der Waals surface area (Å²) in [5.41, 5.74) is 0. The number of ether oxygens (including phenoxy) is 4. The summed E-state index contributed by atoms with van der Waals surface area (Å²) in [5.74, 6) is 2.41. The number of guanidine groups is 1. The molecule has 0 bridgehead atoms. The number of para-hydroxylation sites is 2. The Kier molecular flexibility index (Phi) is 8.43. The maximum atomic E-state index is 6.07. The van der Waals surface area contributed by atoms with E-state index in [-0.39, 0.29) is 6.10 Å². The number of piperidine rings is 1. The first kappa shape index (κ1) is 21.7. The molecule has 162 valence electrons. The lowest BCUT2D eigenvalue weighted by molar-refractivity contribution is -0.0367. The van der Waals surface area contributed by atoms with Gasteiger partial charge in [0.2, 0.25) is 0 Å². The average Bonchev–Trinajstić information content (AvgIpc) is 3.27. The van der Waals surface area contributed by atoms with E-state index in [2.05, 4.69) is 15.2 Å². The maximum Gasteiger partial charge on any atom is 0.193 e. The maximum absolute atomic E-state index is 6.07. The van der Waals surface area contributed by atoms with Crippen molar-refractivity contribution in [2.24, 2.45) is 4.99 Å². The van der Waals surface area contributed by atoms with Gasteiger partial charge in [-0.05, 0) is 44.7 Å². The van der Waals surface area contributed by atoms with Crippen LogP contribution in [0, 0.1) is 0 Å². The van der Waals surface area contributed by atoms with E-state index in [1.54, 1.807) is 7.11 Å². The lowest BCUT2D eigenvalue weighted by atomic mass is 10.1. The van der Waals surface area contributed by atoms with Gasteiger partial charge in [0.25, 0.3) is 0 Å². The smallest absolute Gasteiger partial charge is 0.193 e. The van der Waals surface area contributed by atoms with Crippen LogP contribution >= 0.6 is 0 Å². The fourth-order valence-corrected chi connectivity index (χ4v) is 3.80. The molecule has 2 fully saturated rings. The second kappa shape index (κ2) is 11.3. The highest BCUT2D eigenvalue weighted by Gasteiger charge is 2.24. The van der Waals surface area contributed by atoms with Gasteiger partial charge in [-0.2, -0.15) is 0 Å². The summed E-state index contributed by atoms with van der Waals surface area (Å²) in [6, 6.07) is 7.71. The third kappa shape index (κ3) is 6.51. The van der Waals surface area contributed by atoms with Gasteiger partial charge >= 0.3 is 0 Å². The van der Waals surface area contributed by atoms with E-state index >= 15 is 0 Å². The average molecular weight is 406 g/mol. The standard InChI is InChI=1S/C22H35N3O4/c1-17(29-21-9-5-4-8-20(21)26-3)15-24-22(23-2)25-12-10-18(11-13-25)28-16-19-7-6-14-27-19/h4-5,8-9,17-19H,6-7,10-16H2,1-3H3,(H,23,24). The van der Waals surface area contributed by atoms with E-state index in [0.717, 1.165) is 69.4 Å². The highest BCUT2D eigenvalue weighted by Crippen LogP contribution is 2.26. The molecular weight excluding hydrogens is 370 g/mol. The van der Waals surface area contributed by atoms with Crippen molar-refractivity contribution in [2.45, 2.75) is 50.9 Å². The first-order valence-corrected chi connectivity index (χ1v) is 10.7. The Bertz CT molecular complexity index is 641. The van der Waals surface area contributed by atoms with Crippen LogP contribution in [0.1, 0.15) is 32.6 Å². The molecule has 0 spiro atoms. The minimum Gasteiger partial charge on any atom is -0.493 e. The molecule has 2 atom stereocenters. The summed E-state index contributed by atoms with van der Waals surface area (Å²) >= 11 is 0. The zero-order chi connectivity index (χ0) is 20.5. The largest absolute Gasteiger partial charge is 0.493 e. The van der Waals surface area contributed by atoms with Crippen LogP contribution < -0.4 is 14.8 Å². The summed E-state index contributed by atoms with van der Waals surface area (Å²) in [4.78, 5) is 6.74. The van der Waals surface area contributed by atoms with E-state index in [1.165, 1.54) is 0 Å². The van der Waals surface area contributed by atoms with Gasteiger partial charge in [0, 0.05) is 26.7 Å². The highest BCUT2D eigenvalue weighted by atomic mass is 16.5. The molecule has 0 aromatic heterocycles. The number of methoxy groups -OCH3 is 1. The molecule has 29 heavy (non-hydrogen) atoms. The lowest BCUT2D eigenvalue weighted by Crippen LogP contribution is -2.49. The number of likely N-dealkylation sites (tertiary alicyclic amines) is 1. The van der Waals surface area contributed by atoms with Crippen molar-refractivity contribution in [3.05, 3.63) is 24.3 Å². The van der Waals surface area contributed by atoms with E-state index in [4.69, 9.17) is 18.9 Å². The Morgan fingerprint density at radius 1 is 1.24 bits per heavy atom. The minimum absolute atomic E-state index is 0.0182. The van der Waals surface area contributed by atoms with E-state index in [9.17, 15) is 0 Å². The minimum atomic E-state index is -0.0182. The molecule has 2 aliphatic rings. The molecular formula is C22H35N3O4. The molecule has 1 aromatic carbocycles. The van der Waals surface area contributed by atoms with Crippen molar-refractivity contribution in [3.63, 3.8) is 0 Å². The van der Waals surface area contributed by atoms with Crippen LogP contribution in [0.2, 0.25) is 0 Å². The molecule has 3 rings (SSSR count). The van der Waals surface area contributed by atoms with Gasteiger partial charge in [-0.15, -0.1) is 0 Å². The predicted molar refractivity (Wildman–Crippen MR) is 114 cm³/mol. The fourth-order valence-electron chi connectivity index (χ4n) is 3.80. The predicted octanol–water partition coefficient (Wildman–Crippen LogP) is 2.70. The van der Waals surface area contributed by atoms with Crippen LogP contribution in [-0.4, -0.2) is 76.2 Å². The molecule has 2 heterocycles. The van der Waals surface area contributed by atoms with Crippen LogP contribution in [0.3, 0.4) is 0 Å². The molecule has 1 N–H and O–H groups in total. The highest BCUT2D eigenvalue weighted by molar-refractivity contribution is 5.80. The van der Waals surface area contributed by atoms with Gasteiger partial charge in [-0.25, -0.2) is 0 Å². The molecule has 7 heteroatoms. The summed E-state index contributed by atoms with van der Waals surface area (Å²) in [7, 11) is 3.48. The van der Waals surface area contributed by atoms with Gasteiger partial charge in [0.05, 0.1) is 32.5 Å². The topological polar surface area (TPSA) is 64.6 Å². The van der Waals surface area contributed by atoms with Gasteiger partial charge in [0.1, 0.15) is 6.10 Å². The normalized spacial score (nSPS) is 21.8. The van der Waals surface area contributed by atoms with Crippen molar-refractivity contribution in [1.82, 2.24) is 10.2 Å². The van der Waals surface area contributed by atoms with Crippen molar-refractivity contribution in [3.8, 4) is 11.5 Å². The number of hydrogen-bond acceptors (Lipinski definition) is 5. The number of nitrogens with one attached hydrogen (secondary N) is 1. The molecule has 0 radical (unpaired) electrons. The summed E-state index contributed by atoms with van der Waals surface area (Å²) in [6.07, 6.45) is 4.92. The molecule has 0 aliphatic carbocycles. The van der Waals surface area contributed by atoms with E-state index in [1.807, 2.05) is 38.2 Å². The zero-order valence-electron chi connectivity index (χ0n) is 17.9. The van der Waals surface area contributed by atoms with Crippen LogP contribution in [0.5, 0.6) is 11.5 Å². The van der Waals surface area contributed by atoms with Gasteiger partial charge in [0.15, 0.2) is 17.5 Å². The molecule has 2 unspecified atom stereocenters. The number of aliphatic imine (C=N–C) groups is 1. The molecule has 0 saturated carbocycles. The first-order valence-electron chi connectivity index (χ1n) is 10.7. The van der Waals surface area contributed by atoms with Crippen molar-refractivity contribution in [1.29, 1.82) is 0 Å². The zero-order valence-corrected chi connectivity index (χ0v) is 17.9.